The van der Waals surface area contributed by atoms with Crippen LogP contribution in [0.15, 0.2) is 114 Å². The van der Waals surface area contributed by atoms with E-state index in [0.29, 0.717) is 5.92 Å². The van der Waals surface area contributed by atoms with Crippen molar-refractivity contribution in [1.82, 2.24) is 14.4 Å². The van der Waals surface area contributed by atoms with Crippen molar-refractivity contribution in [2.75, 3.05) is 0 Å². The van der Waals surface area contributed by atoms with E-state index in [4.69, 9.17) is 0 Å². The first kappa shape index (κ1) is 16.9. The quantitative estimate of drug-likeness (QED) is 0.509. The second-order valence-corrected chi connectivity index (χ2v) is 9.68. The highest BCUT2D eigenvalue weighted by molar-refractivity contribution is 5.88. The average Bonchev–Trinajstić information content (AvgIpc) is 3.26. The third-order valence-electron chi connectivity index (χ3n) is 8.26. The van der Waals surface area contributed by atoms with Crippen LogP contribution in [0.2, 0.25) is 0 Å². The van der Waals surface area contributed by atoms with Gasteiger partial charge < -0.3 is 0 Å². The monoisotopic (exact) mass is 411 g/mol. The molecule has 152 valence electrons. The lowest BCUT2D eigenvalue weighted by Gasteiger charge is -2.69. The summed E-state index contributed by atoms with van der Waals surface area (Å²) >= 11 is 0. The zero-order valence-electron chi connectivity index (χ0n) is 17.6. The molecular weight excluding hydrogens is 390 g/mol. The minimum atomic E-state index is 0.166. The van der Waals surface area contributed by atoms with Gasteiger partial charge in [-0.05, 0) is 41.2 Å². The van der Waals surface area contributed by atoms with Gasteiger partial charge in [0.1, 0.15) is 0 Å². The van der Waals surface area contributed by atoms with Crippen molar-refractivity contribution in [3.63, 3.8) is 0 Å². The Kier molecular flexibility index (Phi) is 2.93. The molecule has 3 nitrogen and oxygen atoms in total. The third-order valence-corrected chi connectivity index (χ3v) is 8.26. The van der Waals surface area contributed by atoms with E-state index in [0.717, 1.165) is 23.5 Å². The molecule has 32 heavy (non-hydrogen) atoms. The summed E-state index contributed by atoms with van der Waals surface area (Å²) in [7, 11) is 0. The van der Waals surface area contributed by atoms with Crippen LogP contribution in [0.5, 0.6) is 0 Å². The predicted octanol–water partition coefficient (Wildman–Crippen LogP) is 6.11. The van der Waals surface area contributed by atoms with E-state index in [-0.39, 0.29) is 10.8 Å². The number of fused-ring (bicyclic) bond motifs is 1. The number of hydrogen-bond acceptors (Lipinski definition) is 2. The number of rotatable bonds is 2. The molecule has 5 aliphatic carbocycles. The summed E-state index contributed by atoms with van der Waals surface area (Å²) < 4.78 is 1.97. The minimum absolute atomic E-state index is 0.166. The van der Waals surface area contributed by atoms with Gasteiger partial charge in [-0.1, -0.05) is 78.4 Å². The lowest BCUT2D eigenvalue weighted by molar-refractivity contribution is 0.0101. The number of hydrogen-bond donors (Lipinski definition) is 0. The lowest BCUT2D eigenvalue weighted by Crippen LogP contribution is -2.61. The minimum Gasteiger partial charge on any atom is -0.291 e. The zero-order valence-corrected chi connectivity index (χ0v) is 17.6. The van der Waals surface area contributed by atoms with Gasteiger partial charge in [0.05, 0.1) is 5.69 Å². The number of benzene rings is 1. The molecule has 1 aromatic carbocycles. The van der Waals surface area contributed by atoms with Gasteiger partial charge in [-0.3, -0.25) is 4.40 Å². The summed E-state index contributed by atoms with van der Waals surface area (Å²) in [6.07, 6.45) is 27.2. The third kappa shape index (κ3) is 1.89. The molecule has 2 heterocycles. The molecule has 0 radical (unpaired) electrons. The first-order valence-corrected chi connectivity index (χ1v) is 11.4. The number of allylic oxidation sites excluding steroid dienone is 12. The molecule has 1 fully saturated rings. The van der Waals surface area contributed by atoms with Crippen LogP contribution in [0, 0.1) is 16.7 Å². The fraction of sp³-hybridized carbons (Fsp3) is 0.172. The predicted molar refractivity (Wildman–Crippen MR) is 127 cm³/mol. The molecule has 5 aliphatic rings. The maximum atomic E-state index is 4.67. The smallest absolute Gasteiger partial charge is 0.234 e. The van der Waals surface area contributed by atoms with Gasteiger partial charge in [-0.15, -0.1) is 0 Å². The van der Waals surface area contributed by atoms with Gasteiger partial charge in [0.25, 0.3) is 0 Å². The van der Waals surface area contributed by atoms with E-state index in [2.05, 4.69) is 82.8 Å². The summed E-state index contributed by atoms with van der Waals surface area (Å²) in [6, 6.07) is 10.8. The van der Waals surface area contributed by atoms with Crippen LogP contribution in [-0.4, -0.2) is 14.4 Å². The Morgan fingerprint density at radius 3 is 2.81 bits per heavy atom. The Morgan fingerprint density at radius 2 is 1.91 bits per heavy atom. The Morgan fingerprint density at radius 1 is 1.00 bits per heavy atom. The normalized spacial score (nSPS) is 30.7. The molecule has 0 N–H and O–H groups in total. The SMILES string of the molecule is C1=CC23C=CC4=CC=C(c5ccc(-c6cn7cccnc7n6)cc5)C5=CCC(=C1)C2C45C3. The van der Waals surface area contributed by atoms with Gasteiger partial charge in [-0.2, -0.15) is 0 Å². The van der Waals surface area contributed by atoms with Gasteiger partial charge in [0, 0.05) is 40.9 Å². The van der Waals surface area contributed by atoms with Gasteiger partial charge >= 0.3 is 0 Å². The van der Waals surface area contributed by atoms with Crippen molar-refractivity contribution < 1.29 is 0 Å². The summed E-state index contributed by atoms with van der Waals surface area (Å²) in [4.78, 5) is 9.02. The summed E-state index contributed by atoms with van der Waals surface area (Å²) in [5.74, 6) is 1.33. The van der Waals surface area contributed by atoms with Crippen molar-refractivity contribution >= 4 is 11.4 Å². The Bertz CT molecular complexity index is 1490. The van der Waals surface area contributed by atoms with E-state index in [1.165, 1.54) is 28.7 Å². The topological polar surface area (TPSA) is 30.2 Å². The molecule has 0 amide bonds. The Labute approximate surface area is 186 Å². The van der Waals surface area contributed by atoms with E-state index in [1.54, 1.807) is 11.8 Å². The molecule has 3 atom stereocenters. The second kappa shape index (κ2) is 5.55. The van der Waals surface area contributed by atoms with E-state index < -0.39 is 0 Å². The molecule has 1 spiro atoms. The van der Waals surface area contributed by atoms with Crippen LogP contribution in [0.1, 0.15) is 18.4 Å². The first-order valence-electron chi connectivity index (χ1n) is 11.4. The lowest BCUT2D eigenvalue weighted by atomic mass is 9.33. The highest BCUT2D eigenvalue weighted by atomic mass is 15.1. The summed E-state index contributed by atoms with van der Waals surface area (Å²) in [5, 5.41) is 0. The Balaban J connectivity index is 1.22. The van der Waals surface area contributed by atoms with Crippen molar-refractivity contribution in [3.8, 4) is 11.3 Å². The van der Waals surface area contributed by atoms with Crippen molar-refractivity contribution in [2.45, 2.75) is 12.8 Å². The molecule has 2 aromatic heterocycles. The first-order chi connectivity index (χ1) is 15.8. The van der Waals surface area contributed by atoms with Crippen LogP contribution in [-0.2, 0) is 0 Å². The van der Waals surface area contributed by atoms with Crippen LogP contribution in [0.25, 0.3) is 22.6 Å². The highest BCUT2D eigenvalue weighted by Crippen LogP contribution is 2.77. The molecule has 0 aliphatic heterocycles. The van der Waals surface area contributed by atoms with Crippen molar-refractivity contribution in [2.24, 2.45) is 16.7 Å². The maximum absolute atomic E-state index is 4.67. The maximum Gasteiger partial charge on any atom is 0.234 e. The standard InChI is InChI=1S/C29H21N3/c1-3-21-8-11-24-23(10-9-22-12-14-28(13-1)18-29(22,24)26(21)28)19-4-6-20(7-5-19)25-17-32-16-2-15-30-27(32)31-25/h1-7,9-17,26H,8,18H2. The average molecular weight is 412 g/mol. The van der Waals surface area contributed by atoms with Crippen LogP contribution < -0.4 is 0 Å². The highest BCUT2D eigenvalue weighted by Gasteiger charge is 2.68. The molecular formula is C29H21N3. The van der Waals surface area contributed by atoms with Crippen molar-refractivity contribution in [1.29, 1.82) is 0 Å². The van der Waals surface area contributed by atoms with Gasteiger partial charge in [0.2, 0.25) is 5.78 Å². The van der Waals surface area contributed by atoms with Crippen LogP contribution in [0.3, 0.4) is 0 Å². The van der Waals surface area contributed by atoms with Crippen LogP contribution >= 0.6 is 0 Å². The molecule has 3 heteroatoms. The summed E-state index contributed by atoms with van der Waals surface area (Å²) in [5.41, 5.74) is 9.79. The second-order valence-electron chi connectivity index (χ2n) is 9.68. The van der Waals surface area contributed by atoms with Crippen molar-refractivity contribution in [3.05, 3.63) is 120 Å². The van der Waals surface area contributed by atoms with Gasteiger partial charge in [0.15, 0.2) is 0 Å². The van der Waals surface area contributed by atoms with Crippen LogP contribution in [0.4, 0.5) is 0 Å². The molecule has 3 aromatic rings. The fourth-order valence-electron chi connectivity index (χ4n) is 7.00. The zero-order chi connectivity index (χ0) is 20.9. The number of imidazole rings is 1. The van der Waals surface area contributed by atoms with E-state index in [1.807, 2.05) is 22.9 Å². The molecule has 2 bridgehead atoms. The molecule has 0 saturated heterocycles. The number of aromatic nitrogens is 3. The van der Waals surface area contributed by atoms with Gasteiger partial charge in [-0.25, -0.2) is 9.97 Å². The molecule has 1 saturated carbocycles. The summed E-state index contributed by atoms with van der Waals surface area (Å²) in [6.45, 7) is 0. The molecule has 3 unspecified atom stereocenters. The molecule has 8 rings (SSSR count). The number of nitrogens with zero attached hydrogens (tertiary/aromatic N) is 3. The van der Waals surface area contributed by atoms with E-state index >= 15 is 0 Å². The van der Waals surface area contributed by atoms with E-state index in [9.17, 15) is 0 Å². The fourth-order valence-corrected chi connectivity index (χ4v) is 7.00. The largest absolute Gasteiger partial charge is 0.291 e. The Hall–Kier alpha value is -3.72.